The minimum atomic E-state index is 0.412. The van der Waals surface area contributed by atoms with E-state index in [4.69, 9.17) is 4.99 Å². The van der Waals surface area contributed by atoms with Gasteiger partial charge in [-0.2, -0.15) is 5.26 Å². The molecule has 4 aromatic rings. The highest BCUT2D eigenvalue weighted by Crippen LogP contribution is 2.39. The Kier molecular flexibility index (Phi) is 7.87. The number of nitrogens with zero attached hydrogens (tertiary/aromatic N) is 2. The molecule has 0 aliphatic heterocycles. The lowest BCUT2D eigenvalue weighted by molar-refractivity contribution is 0.512. The van der Waals surface area contributed by atoms with Crippen molar-refractivity contribution >= 4 is 28.5 Å². The molecule has 0 aromatic heterocycles. The number of nitriles is 1. The largest absolute Gasteiger partial charge is 0.388 e. The van der Waals surface area contributed by atoms with Gasteiger partial charge in [-0.15, -0.1) is 0 Å². The second-order valence-corrected chi connectivity index (χ2v) is 10.8. The van der Waals surface area contributed by atoms with Crippen LogP contribution in [0, 0.1) is 17.2 Å². The van der Waals surface area contributed by atoms with Crippen LogP contribution in [0.5, 0.6) is 0 Å². The van der Waals surface area contributed by atoms with Crippen molar-refractivity contribution in [1.29, 1.82) is 5.26 Å². The lowest BCUT2D eigenvalue weighted by Crippen LogP contribution is -2.22. The molecule has 0 spiro atoms. The van der Waals surface area contributed by atoms with Crippen molar-refractivity contribution in [1.82, 2.24) is 0 Å². The Bertz CT molecular complexity index is 1680. The first-order valence-corrected chi connectivity index (χ1v) is 14.6. The van der Waals surface area contributed by atoms with Gasteiger partial charge in [0.25, 0.3) is 0 Å². The SMILES string of the molecule is CNc1ccc(-c2ccc(/N=C3\CCC4CCC(Nc5ccc(-c6ccc(NC)cc6)cc5)=CC4=C3C#N)cc2)cc1. The van der Waals surface area contributed by atoms with Crippen LogP contribution < -0.4 is 16.0 Å². The molecule has 2 aliphatic carbocycles. The van der Waals surface area contributed by atoms with E-state index in [0.29, 0.717) is 5.92 Å². The number of benzene rings is 4. The van der Waals surface area contributed by atoms with Gasteiger partial charge in [-0.25, -0.2) is 0 Å². The van der Waals surface area contributed by atoms with Crippen LogP contribution in [0.2, 0.25) is 0 Å². The summed E-state index contributed by atoms with van der Waals surface area (Å²) in [5, 5.41) is 20.1. The third kappa shape index (κ3) is 5.84. The van der Waals surface area contributed by atoms with Gasteiger partial charge >= 0.3 is 0 Å². The maximum Gasteiger partial charge on any atom is 0.101 e. The maximum atomic E-state index is 10.2. The normalized spacial score (nSPS) is 17.2. The van der Waals surface area contributed by atoms with E-state index in [1.54, 1.807) is 0 Å². The third-order valence-corrected chi connectivity index (χ3v) is 8.29. The van der Waals surface area contributed by atoms with Gasteiger partial charge in [0, 0.05) is 36.9 Å². The van der Waals surface area contributed by atoms with Gasteiger partial charge < -0.3 is 16.0 Å². The highest BCUT2D eigenvalue weighted by Gasteiger charge is 2.29. The van der Waals surface area contributed by atoms with Gasteiger partial charge in [-0.1, -0.05) is 48.5 Å². The topological polar surface area (TPSA) is 72.2 Å². The second kappa shape index (κ2) is 12.2. The van der Waals surface area contributed by atoms with Crippen LogP contribution in [0.4, 0.5) is 22.7 Å². The van der Waals surface area contributed by atoms with Crippen LogP contribution in [0.3, 0.4) is 0 Å². The Hall–Kier alpha value is -5.08. The van der Waals surface area contributed by atoms with Crippen LogP contribution in [0.15, 0.2) is 125 Å². The third-order valence-electron chi connectivity index (χ3n) is 8.29. The molecule has 2 aliphatic rings. The molecule has 0 saturated carbocycles. The van der Waals surface area contributed by atoms with Gasteiger partial charge in [-0.3, -0.25) is 4.99 Å². The predicted octanol–water partition coefficient (Wildman–Crippen LogP) is 9.20. The van der Waals surface area contributed by atoms with E-state index in [1.165, 1.54) is 16.7 Å². The lowest BCUT2D eigenvalue weighted by Gasteiger charge is -2.30. The highest BCUT2D eigenvalue weighted by atomic mass is 14.9. The molecular formula is C37H35N5. The number of rotatable bonds is 7. The number of hydrogen-bond acceptors (Lipinski definition) is 5. The Morgan fingerprint density at radius 2 is 1.12 bits per heavy atom. The highest BCUT2D eigenvalue weighted by molar-refractivity contribution is 6.06. The molecule has 208 valence electrons. The number of fused-ring (bicyclic) bond motifs is 1. The molecule has 42 heavy (non-hydrogen) atoms. The Morgan fingerprint density at radius 3 is 1.62 bits per heavy atom. The molecule has 0 amide bonds. The van der Waals surface area contributed by atoms with Gasteiger partial charge in [0.2, 0.25) is 0 Å². The molecule has 1 atom stereocenters. The summed E-state index contributed by atoms with van der Waals surface area (Å²) >= 11 is 0. The molecule has 0 saturated heterocycles. The first-order chi connectivity index (χ1) is 20.6. The Labute approximate surface area is 248 Å². The summed E-state index contributed by atoms with van der Waals surface area (Å²) in [6.45, 7) is 0. The van der Waals surface area contributed by atoms with Crippen molar-refractivity contribution in [3.63, 3.8) is 0 Å². The zero-order chi connectivity index (χ0) is 28.9. The van der Waals surface area contributed by atoms with Crippen molar-refractivity contribution in [3.05, 3.63) is 120 Å². The van der Waals surface area contributed by atoms with Crippen LogP contribution >= 0.6 is 0 Å². The monoisotopic (exact) mass is 549 g/mol. The molecule has 3 N–H and O–H groups in total. The fourth-order valence-electron chi connectivity index (χ4n) is 5.86. The smallest absolute Gasteiger partial charge is 0.101 e. The fraction of sp³-hybridized carbons (Fsp3) is 0.189. The van der Waals surface area contributed by atoms with Crippen molar-refractivity contribution in [2.75, 3.05) is 30.0 Å². The van der Waals surface area contributed by atoms with Crippen molar-refractivity contribution in [2.45, 2.75) is 25.7 Å². The fourth-order valence-corrected chi connectivity index (χ4v) is 5.86. The first-order valence-electron chi connectivity index (χ1n) is 14.6. The number of aliphatic imine (C=N–C) groups is 1. The summed E-state index contributed by atoms with van der Waals surface area (Å²) in [7, 11) is 3.85. The lowest BCUT2D eigenvalue weighted by atomic mass is 9.76. The molecule has 1 unspecified atom stereocenters. The number of anilines is 3. The summed E-state index contributed by atoms with van der Waals surface area (Å²) in [6.07, 6.45) is 6.08. The minimum absolute atomic E-state index is 0.412. The number of nitrogens with one attached hydrogen (secondary N) is 3. The zero-order valence-corrected chi connectivity index (χ0v) is 24.1. The summed E-state index contributed by atoms with van der Waals surface area (Å²) in [5.74, 6) is 0.412. The molecule has 0 radical (unpaired) electrons. The van der Waals surface area contributed by atoms with E-state index in [-0.39, 0.29) is 0 Å². The molecule has 5 heteroatoms. The molecule has 6 rings (SSSR count). The Balaban J connectivity index is 1.20. The quantitative estimate of drug-likeness (QED) is 0.215. The van der Waals surface area contributed by atoms with Crippen LogP contribution in [-0.2, 0) is 0 Å². The van der Waals surface area contributed by atoms with E-state index < -0.39 is 0 Å². The number of hydrogen-bond donors (Lipinski definition) is 3. The van der Waals surface area contributed by atoms with E-state index in [0.717, 1.165) is 76.6 Å². The van der Waals surface area contributed by atoms with Crippen molar-refractivity contribution < 1.29 is 0 Å². The maximum absolute atomic E-state index is 10.2. The second-order valence-electron chi connectivity index (χ2n) is 10.8. The van der Waals surface area contributed by atoms with Crippen LogP contribution in [0.25, 0.3) is 22.3 Å². The van der Waals surface area contributed by atoms with Crippen LogP contribution in [-0.4, -0.2) is 19.8 Å². The van der Waals surface area contributed by atoms with Gasteiger partial charge in [0.15, 0.2) is 0 Å². The average Bonchev–Trinajstić information content (AvgIpc) is 3.05. The van der Waals surface area contributed by atoms with Crippen molar-refractivity contribution in [2.24, 2.45) is 10.9 Å². The summed E-state index contributed by atoms with van der Waals surface area (Å²) in [5.41, 5.74) is 12.7. The van der Waals surface area contributed by atoms with Gasteiger partial charge in [0.05, 0.1) is 17.0 Å². The number of allylic oxidation sites excluding steroid dienone is 4. The molecular weight excluding hydrogens is 514 g/mol. The predicted molar refractivity (Wildman–Crippen MR) is 176 cm³/mol. The van der Waals surface area contributed by atoms with Crippen LogP contribution in [0.1, 0.15) is 25.7 Å². The zero-order valence-electron chi connectivity index (χ0n) is 24.1. The summed E-state index contributed by atoms with van der Waals surface area (Å²) in [6, 6.07) is 36.2. The minimum Gasteiger partial charge on any atom is -0.388 e. The average molecular weight is 550 g/mol. The molecule has 0 bridgehead atoms. The van der Waals surface area contributed by atoms with E-state index >= 15 is 0 Å². The van der Waals surface area contributed by atoms with E-state index in [1.807, 2.05) is 26.2 Å². The first kappa shape index (κ1) is 27.1. The van der Waals surface area contributed by atoms with E-state index in [2.05, 4.69) is 113 Å². The van der Waals surface area contributed by atoms with Gasteiger partial charge in [0.1, 0.15) is 6.07 Å². The Morgan fingerprint density at radius 1 is 0.643 bits per heavy atom. The molecule has 0 fully saturated rings. The van der Waals surface area contributed by atoms with Crippen molar-refractivity contribution in [3.8, 4) is 28.3 Å². The standard InChI is InChI=1S/C37H35N5/c1-39-30-13-3-25(4-14-30)27-7-17-32(18-8-27)41-34-21-11-29-12-22-37(36(24-38)35(29)23-34)42-33-19-9-28(10-20-33)26-5-15-31(40-2)16-6-26/h3-10,13-20,23,29,39-41H,11-12,21-22H2,1-2H3/b42-37+. The van der Waals surface area contributed by atoms with Gasteiger partial charge in [-0.05, 0) is 114 Å². The summed E-state index contributed by atoms with van der Waals surface area (Å²) in [4.78, 5) is 4.95. The molecule has 4 aromatic carbocycles. The molecule has 5 nitrogen and oxygen atoms in total. The summed E-state index contributed by atoms with van der Waals surface area (Å²) < 4.78 is 0. The van der Waals surface area contributed by atoms with E-state index in [9.17, 15) is 5.26 Å². The molecule has 0 heterocycles.